The predicted octanol–water partition coefficient (Wildman–Crippen LogP) is 2.63. The quantitative estimate of drug-likeness (QED) is 0.859. The van der Waals surface area contributed by atoms with Gasteiger partial charge < -0.3 is 5.73 Å². The minimum atomic E-state index is 0.230. The van der Waals surface area contributed by atoms with Crippen LogP contribution in [0.15, 0.2) is 24.3 Å². The van der Waals surface area contributed by atoms with Crippen molar-refractivity contribution in [1.82, 2.24) is 9.78 Å². The van der Waals surface area contributed by atoms with Gasteiger partial charge in [0.1, 0.15) is 0 Å². The van der Waals surface area contributed by atoms with Gasteiger partial charge in [0.2, 0.25) is 0 Å². The van der Waals surface area contributed by atoms with Crippen LogP contribution in [0, 0.1) is 0 Å². The van der Waals surface area contributed by atoms with Crippen LogP contribution in [0.3, 0.4) is 0 Å². The minimum Gasteiger partial charge on any atom is -0.327 e. The number of nitrogens with zero attached hydrogens (tertiary/aromatic N) is 2. The van der Waals surface area contributed by atoms with Crippen molar-refractivity contribution in [3.8, 4) is 0 Å². The van der Waals surface area contributed by atoms with E-state index in [4.69, 9.17) is 5.73 Å². The highest BCUT2D eigenvalue weighted by molar-refractivity contribution is 5.81. The van der Waals surface area contributed by atoms with Gasteiger partial charge in [0.25, 0.3) is 0 Å². The molecule has 2 aromatic rings. The first kappa shape index (κ1) is 12.1. The molecular formula is C14H21N3. The Bertz CT molecular complexity index is 487. The summed E-state index contributed by atoms with van der Waals surface area (Å²) in [6.45, 7) is 2.20. The molecule has 1 unspecified atom stereocenters. The van der Waals surface area contributed by atoms with Crippen molar-refractivity contribution in [2.24, 2.45) is 12.8 Å². The van der Waals surface area contributed by atoms with E-state index < -0.39 is 0 Å². The summed E-state index contributed by atoms with van der Waals surface area (Å²) in [5, 5.41) is 5.81. The smallest absolute Gasteiger partial charge is 0.0718 e. The average Bonchev–Trinajstić information content (AvgIpc) is 2.65. The van der Waals surface area contributed by atoms with E-state index in [2.05, 4.69) is 30.2 Å². The third-order valence-corrected chi connectivity index (χ3v) is 3.22. The van der Waals surface area contributed by atoms with E-state index in [0.717, 1.165) is 18.5 Å². The molecule has 0 aliphatic carbocycles. The maximum atomic E-state index is 6.14. The van der Waals surface area contributed by atoms with Crippen molar-refractivity contribution in [2.45, 2.75) is 38.6 Å². The number of hydrogen-bond acceptors (Lipinski definition) is 2. The van der Waals surface area contributed by atoms with E-state index in [-0.39, 0.29) is 6.04 Å². The lowest BCUT2D eigenvalue weighted by atomic mass is 10.0. The molecule has 3 nitrogen and oxygen atoms in total. The minimum absolute atomic E-state index is 0.230. The number of benzene rings is 1. The van der Waals surface area contributed by atoms with Crippen molar-refractivity contribution in [1.29, 1.82) is 0 Å². The molecule has 0 bridgehead atoms. The van der Waals surface area contributed by atoms with E-state index in [1.165, 1.54) is 23.7 Å². The van der Waals surface area contributed by atoms with E-state index in [0.29, 0.717) is 0 Å². The molecule has 0 amide bonds. The van der Waals surface area contributed by atoms with Crippen LogP contribution in [0.1, 0.15) is 31.9 Å². The molecule has 3 heteroatoms. The van der Waals surface area contributed by atoms with Crippen molar-refractivity contribution in [3.05, 3.63) is 30.0 Å². The molecule has 0 aliphatic heterocycles. The number of unbranched alkanes of at least 4 members (excludes halogenated alkanes) is 1. The lowest BCUT2D eigenvalue weighted by Gasteiger charge is -2.08. The zero-order valence-corrected chi connectivity index (χ0v) is 10.7. The molecule has 92 valence electrons. The van der Waals surface area contributed by atoms with Gasteiger partial charge in [-0.25, -0.2) is 0 Å². The molecule has 1 atom stereocenters. The molecule has 2 rings (SSSR count). The summed E-state index contributed by atoms with van der Waals surface area (Å²) in [5.41, 5.74) is 8.46. The van der Waals surface area contributed by atoms with Crippen LogP contribution in [0.4, 0.5) is 0 Å². The lowest BCUT2D eigenvalue weighted by Crippen LogP contribution is -2.22. The van der Waals surface area contributed by atoms with Crippen molar-refractivity contribution in [3.63, 3.8) is 0 Å². The molecule has 0 saturated heterocycles. The molecule has 0 aliphatic rings. The number of para-hydroxylation sites is 1. The van der Waals surface area contributed by atoms with Gasteiger partial charge in [-0.3, -0.25) is 4.68 Å². The zero-order chi connectivity index (χ0) is 12.3. The van der Waals surface area contributed by atoms with E-state index in [9.17, 15) is 0 Å². The van der Waals surface area contributed by atoms with Crippen LogP contribution in [-0.2, 0) is 13.5 Å². The number of fused-ring (bicyclic) bond motifs is 1. The standard InChI is InChI=1S/C14H21N3/c1-3-4-7-11(15)10-13-12-8-5-6-9-14(12)17(2)16-13/h5-6,8-9,11H,3-4,7,10,15H2,1-2H3. The second-order valence-corrected chi connectivity index (χ2v) is 4.69. The molecule has 2 N–H and O–H groups in total. The van der Waals surface area contributed by atoms with E-state index in [1.54, 1.807) is 0 Å². The Labute approximate surface area is 103 Å². The number of nitrogens with two attached hydrogens (primary N) is 1. The molecule has 0 saturated carbocycles. The fourth-order valence-corrected chi connectivity index (χ4v) is 2.26. The van der Waals surface area contributed by atoms with Crippen molar-refractivity contribution in [2.75, 3.05) is 0 Å². The fraction of sp³-hybridized carbons (Fsp3) is 0.500. The highest BCUT2D eigenvalue weighted by Crippen LogP contribution is 2.19. The van der Waals surface area contributed by atoms with Gasteiger partial charge in [0, 0.05) is 24.9 Å². The Morgan fingerprint density at radius 3 is 2.88 bits per heavy atom. The summed E-state index contributed by atoms with van der Waals surface area (Å²) in [6.07, 6.45) is 4.37. The van der Waals surface area contributed by atoms with Gasteiger partial charge in [-0.2, -0.15) is 5.10 Å². The average molecular weight is 231 g/mol. The van der Waals surface area contributed by atoms with Crippen LogP contribution in [0.2, 0.25) is 0 Å². The predicted molar refractivity (Wildman–Crippen MR) is 71.9 cm³/mol. The fourth-order valence-electron chi connectivity index (χ4n) is 2.26. The molecule has 0 fully saturated rings. The molecule has 0 radical (unpaired) electrons. The second-order valence-electron chi connectivity index (χ2n) is 4.69. The van der Waals surface area contributed by atoms with Gasteiger partial charge >= 0.3 is 0 Å². The van der Waals surface area contributed by atoms with Gasteiger partial charge in [-0.1, -0.05) is 38.0 Å². The summed E-state index contributed by atoms with van der Waals surface area (Å²) in [5.74, 6) is 0. The van der Waals surface area contributed by atoms with Crippen molar-refractivity contribution < 1.29 is 0 Å². The second kappa shape index (κ2) is 5.32. The highest BCUT2D eigenvalue weighted by Gasteiger charge is 2.11. The summed E-state index contributed by atoms with van der Waals surface area (Å²) < 4.78 is 1.94. The summed E-state index contributed by atoms with van der Waals surface area (Å²) in [6, 6.07) is 8.57. The maximum absolute atomic E-state index is 6.14. The van der Waals surface area contributed by atoms with E-state index >= 15 is 0 Å². The first-order valence-corrected chi connectivity index (χ1v) is 6.38. The lowest BCUT2D eigenvalue weighted by molar-refractivity contribution is 0.565. The van der Waals surface area contributed by atoms with Gasteiger partial charge in [-0.05, 0) is 12.5 Å². The van der Waals surface area contributed by atoms with Crippen LogP contribution in [0.25, 0.3) is 10.9 Å². The largest absolute Gasteiger partial charge is 0.327 e. The normalized spacial score (nSPS) is 13.1. The van der Waals surface area contributed by atoms with Gasteiger partial charge in [0.15, 0.2) is 0 Å². The maximum Gasteiger partial charge on any atom is 0.0718 e. The molecule has 1 heterocycles. The Kier molecular flexibility index (Phi) is 3.79. The Balaban J connectivity index is 2.18. The van der Waals surface area contributed by atoms with E-state index in [1.807, 2.05) is 17.8 Å². The van der Waals surface area contributed by atoms with Gasteiger partial charge in [0.05, 0.1) is 11.2 Å². The molecule has 1 aromatic carbocycles. The molecule has 17 heavy (non-hydrogen) atoms. The summed E-state index contributed by atoms with van der Waals surface area (Å²) in [4.78, 5) is 0. The van der Waals surface area contributed by atoms with Crippen LogP contribution >= 0.6 is 0 Å². The Morgan fingerprint density at radius 2 is 2.12 bits per heavy atom. The molecule has 0 spiro atoms. The van der Waals surface area contributed by atoms with Crippen LogP contribution < -0.4 is 5.73 Å². The zero-order valence-electron chi connectivity index (χ0n) is 10.7. The number of hydrogen-bond donors (Lipinski definition) is 1. The Morgan fingerprint density at radius 1 is 1.35 bits per heavy atom. The molecular weight excluding hydrogens is 210 g/mol. The number of rotatable bonds is 5. The summed E-state index contributed by atoms with van der Waals surface area (Å²) >= 11 is 0. The third kappa shape index (κ3) is 2.67. The van der Waals surface area contributed by atoms with Crippen molar-refractivity contribution >= 4 is 10.9 Å². The topological polar surface area (TPSA) is 43.8 Å². The summed E-state index contributed by atoms with van der Waals surface area (Å²) in [7, 11) is 1.99. The number of aryl methyl sites for hydroxylation is 1. The number of aromatic nitrogens is 2. The third-order valence-electron chi connectivity index (χ3n) is 3.22. The first-order valence-electron chi connectivity index (χ1n) is 6.38. The highest BCUT2D eigenvalue weighted by atomic mass is 15.3. The Hall–Kier alpha value is -1.35. The van der Waals surface area contributed by atoms with Gasteiger partial charge in [-0.15, -0.1) is 0 Å². The SMILES string of the molecule is CCCCC(N)Cc1nn(C)c2ccccc12. The monoisotopic (exact) mass is 231 g/mol. The first-order chi connectivity index (χ1) is 8.22. The van der Waals surface area contributed by atoms with Crippen LogP contribution in [0.5, 0.6) is 0 Å². The molecule has 1 aromatic heterocycles. The van der Waals surface area contributed by atoms with Crippen LogP contribution in [-0.4, -0.2) is 15.8 Å².